The molecule has 0 bridgehead atoms. The van der Waals surface area contributed by atoms with Crippen LogP contribution in [0.15, 0.2) is 30.3 Å². The summed E-state index contributed by atoms with van der Waals surface area (Å²) in [5.74, 6) is -0.0949. The van der Waals surface area contributed by atoms with Gasteiger partial charge < -0.3 is 19.4 Å². The van der Waals surface area contributed by atoms with Crippen molar-refractivity contribution in [1.29, 1.82) is 0 Å². The summed E-state index contributed by atoms with van der Waals surface area (Å²) in [6.45, 7) is 1.10. The van der Waals surface area contributed by atoms with Gasteiger partial charge in [0.1, 0.15) is 6.29 Å². The number of aliphatic hydroxyl groups excluding tert-OH is 1. The lowest BCUT2D eigenvalue weighted by molar-refractivity contribution is -0.143. The first kappa shape index (κ1) is 27.3. The molecule has 5 nitrogen and oxygen atoms in total. The maximum absolute atomic E-state index is 11.7. The van der Waals surface area contributed by atoms with E-state index in [0.29, 0.717) is 32.5 Å². The number of hydrogen-bond donors (Lipinski definition) is 1. The summed E-state index contributed by atoms with van der Waals surface area (Å²) in [4.78, 5) is 21.9. The van der Waals surface area contributed by atoms with Crippen molar-refractivity contribution in [1.82, 2.24) is 0 Å². The molecule has 1 aromatic carbocycles. The van der Waals surface area contributed by atoms with Crippen LogP contribution in [0.2, 0.25) is 0 Å². The largest absolute Gasteiger partial charge is 0.466 e. The van der Waals surface area contributed by atoms with Crippen LogP contribution in [0.25, 0.3) is 0 Å². The second-order valence-electron chi connectivity index (χ2n) is 8.16. The molecule has 0 amide bonds. The molecule has 0 radical (unpaired) electrons. The summed E-state index contributed by atoms with van der Waals surface area (Å²) < 4.78 is 10.8. The highest BCUT2D eigenvalue weighted by atomic mass is 16.6. The van der Waals surface area contributed by atoms with Gasteiger partial charge in [0.05, 0.1) is 6.61 Å². The van der Waals surface area contributed by atoms with E-state index in [4.69, 9.17) is 9.47 Å². The van der Waals surface area contributed by atoms with Crippen molar-refractivity contribution >= 4 is 12.3 Å². The Bertz CT molecular complexity index is 546. The number of ether oxygens (including phenoxy) is 2. The van der Waals surface area contributed by atoms with Gasteiger partial charge in [0.15, 0.2) is 6.29 Å². The smallest absolute Gasteiger partial charge is 0.305 e. The molecule has 1 unspecified atom stereocenters. The van der Waals surface area contributed by atoms with E-state index in [0.717, 1.165) is 83.3 Å². The fourth-order valence-corrected chi connectivity index (χ4v) is 3.45. The first-order chi connectivity index (χ1) is 15.2. The van der Waals surface area contributed by atoms with Crippen molar-refractivity contribution < 1.29 is 24.2 Å². The molecule has 0 spiro atoms. The molecule has 0 aliphatic carbocycles. The van der Waals surface area contributed by atoms with Crippen molar-refractivity contribution in [3.8, 4) is 0 Å². The minimum atomic E-state index is -0.667. The van der Waals surface area contributed by atoms with E-state index < -0.39 is 6.29 Å². The van der Waals surface area contributed by atoms with Crippen LogP contribution in [-0.4, -0.2) is 36.9 Å². The number of carbonyl (C=O) groups excluding carboxylic acids is 2. The quantitative estimate of drug-likeness (QED) is 0.115. The van der Waals surface area contributed by atoms with Crippen LogP contribution < -0.4 is 0 Å². The fourth-order valence-electron chi connectivity index (χ4n) is 3.45. The molecule has 0 saturated carbocycles. The summed E-state index contributed by atoms with van der Waals surface area (Å²) in [6.07, 6.45) is 14.0. The maximum Gasteiger partial charge on any atom is 0.305 e. The van der Waals surface area contributed by atoms with Crippen molar-refractivity contribution in [3.63, 3.8) is 0 Å². The molecule has 31 heavy (non-hydrogen) atoms. The van der Waals surface area contributed by atoms with Gasteiger partial charge in [-0.25, -0.2) is 0 Å². The standard InChI is InChI=1S/C26H42O5/c27-21-12-5-2-1-4-11-19-25(28)30-22-13-6-3-7-14-23-31-26(29)20-15-18-24-16-9-8-10-17-24/h8-10,16-17,21,26,29H,1-7,11-15,18-20,22-23H2. The highest BCUT2D eigenvalue weighted by Gasteiger charge is 2.05. The van der Waals surface area contributed by atoms with Crippen LogP contribution in [-0.2, 0) is 25.5 Å². The topological polar surface area (TPSA) is 72.8 Å². The minimum Gasteiger partial charge on any atom is -0.466 e. The normalized spacial score (nSPS) is 11.9. The molecule has 1 atom stereocenters. The Labute approximate surface area is 188 Å². The number of rotatable bonds is 21. The van der Waals surface area contributed by atoms with Crippen LogP contribution in [0.1, 0.15) is 95.5 Å². The number of carbonyl (C=O) groups is 2. The molecule has 176 valence electrons. The zero-order chi connectivity index (χ0) is 22.4. The second-order valence-corrected chi connectivity index (χ2v) is 8.16. The van der Waals surface area contributed by atoms with Gasteiger partial charge in [0.25, 0.3) is 0 Å². The monoisotopic (exact) mass is 434 g/mol. The predicted molar refractivity (Wildman–Crippen MR) is 124 cm³/mol. The number of esters is 1. The van der Waals surface area contributed by atoms with E-state index >= 15 is 0 Å². The summed E-state index contributed by atoms with van der Waals surface area (Å²) in [5, 5.41) is 9.89. The average Bonchev–Trinajstić information content (AvgIpc) is 2.78. The summed E-state index contributed by atoms with van der Waals surface area (Å²) in [6, 6.07) is 10.3. The lowest BCUT2D eigenvalue weighted by Gasteiger charge is -2.12. The summed E-state index contributed by atoms with van der Waals surface area (Å²) >= 11 is 0. The SMILES string of the molecule is O=CCCCCCCCC(=O)OCCCCCCCOC(O)CCCc1ccccc1. The Balaban J connectivity index is 1.80. The third kappa shape index (κ3) is 17.6. The van der Waals surface area contributed by atoms with Crippen LogP contribution >= 0.6 is 0 Å². The fraction of sp³-hybridized carbons (Fsp3) is 0.692. The molecule has 0 heterocycles. The summed E-state index contributed by atoms with van der Waals surface area (Å²) in [7, 11) is 0. The number of aliphatic hydroxyl groups is 1. The van der Waals surface area contributed by atoms with Crippen molar-refractivity contribution in [2.75, 3.05) is 13.2 Å². The maximum atomic E-state index is 11.7. The predicted octanol–water partition coefficient (Wildman–Crippen LogP) is 5.77. The number of unbranched alkanes of at least 4 members (excludes halogenated alkanes) is 9. The van der Waals surface area contributed by atoms with Gasteiger partial charge in [-0.1, -0.05) is 68.9 Å². The third-order valence-corrected chi connectivity index (χ3v) is 5.32. The van der Waals surface area contributed by atoms with Crippen LogP contribution in [0, 0.1) is 0 Å². The van der Waals surface area contributed by atoms with Gasteiger partial charge in [-0.15, -0.1) is 0 Å². The molecule has 0 saturated heterocycles. The molecule has 1 aromatic rings. The summed E-state index contributed by atoms with van der Waals surface area (Å²) in [5.41, 5.74) is 1.29. The number of benzene rings is 1. The molecule has 1 rings (SSSR count). The molecule has 0 aromatic heterocycles. The molecule has 1 N–H and O–H groups in total. The molecule has 0 aliphatic rings. The lowest BCUT2D eigenvalue weighted by atomic mass is 10.1. The number of hydrogen-bond acceptors (Lipinski definition) is 5. The van der Waals surface area contributed by atoms with E-state index in [9.17, 15) is 14.7 Å². The number of aldehydes is 1. The highest BCUT2D eigenvalue weighted by molar-refractivity contribution is 5.69. The molecule has 0 aliphatic heterocycles. The van der Waals surface area contributed by atoms with Gasteiger partial charge in [-0.05, 0) is 50.5 Å². The van der Waals surface area contributed by atoms with Gasteiger partial charge >= 0.3 is 5.97 Å². The first-order valence-corrected chi connectivity index (χ1v) is 12.1. The number of aryl methyl sites for hydroxylation is 1. The molecule has 0 fully saturated rings. The van der Waals surface area contributed by atoms with Crippen molar-refractivity contribution in [2.24, 2.45) is 0 Å². The zero-order valence-corrected chi connectivity index (χ0v) is 19.1. The van der Waals surface area contributed by atoms with Gasteiger partial charge in [0, 0.05) is 19.4 Å². The third-order valence-electron chi connectivity index (χ3n) is 5.32. The van der Waals surface area contributed by atoms with E-state index in [-0.39, 0.29) is 5.97 Å². The second kappa shape index (κ2) is 20.2. The molecular formula is C26H42O5. The van der Waals surface area contributed by atoms with Crippen molar-refractivity contribution in [2.45, 2.75) is 103 Å². The van der Waals surface area contributed by atoms with Crippen LogP contribution in [0.3, 0.4) is 0 Å². The highest BCUT2D eigenvalue weighted by Crippen LogP contribution is 2.10. The van der Waals surface area contributed by atoms with Crippen LogP contribution in [0.4, 0.5) is 0 Å². The van der Waals surface area contributed by atoms with E-state index in [2.05, 4.69) is 12.1 Å². The van der Waals surface area contributed by atoms with Crippen molar-refractivity contribution in [3.05, 3.63) is 35.9 Å². The van der Waals surface area contributed by atoms with E-state index in [1.54, 1.807) is 0 Å². The minimum absolute atomic E-state index is 0.0949. The Morgan fingerprint density at radius 1 is 0.839 bits per heavy atom. The Morgan fingerprint density at radius 3 is 2.23 bits per heavy atom. The van der Waals surface area contributed by atoms with E-state index in [1.807, 2.05) is 18.2 Å². The molecular weight excluding hydrogens is 392 g/mol. The molecule has 5 heteroatoms. The Morgan fingerprint density at radius 2 is 1.48 bits per heavy atom. The van der Waals surface area contributed by atoms with Gasteiger partial charge in [-0.3, -0.25) is 4.79 Å². The van der Waals surface area contributed by atoms with E-state index in [1.165, 1.54) is 5.56 Å². The van der Waals surface area contributed by atoms with Gasteiger partial charge in [-0.2, -0.15) is 0 Å². The Hall–Kier alpha value is -1.72. The van der Waals surface area contributed by atoms with Gasteiger partial charge in [0.2, 0.25) is 0 Å². The zero-order valence-electron chi connectivity index (χ0n) is 19.1. The Kier molecular flexibility index (Phi) is 17.8. The van der Waals surface area contributed by atoms with Crippen LogP contribution in [0.5, 0.6) is 0 Å². The first-order valence-electron chi connectivity index (χ1n) is 12.1. The lowest BCUT2D eigenvalue weighted by Crippen LogP contribution is -2.13. The average molecular weight is 435 g/mol.